The number of carbonyl (C=O) groups is 1. The second kappa shape index (κ2) is 7.91. The summed E-state index contributed by atoms with van der Waals surface area (Å²) in [5, 5.41) is 4.46. The fraction of sp³-hybridized carbons (Fsp3) is 0. The molecule has 0 unspecified atom stereocenters. The molecule has 2 rings (SSSR count). The molecule has 7 heteroatoms. The molecular formula is C9H3Cl4NOY-2. The van der Waals surface area contributed by atoms with E-state index in [4.69, 9.17) is 46.4 Å². The molecule has 0 N–H and O–H groups in total. The second-order valence-electron chi connectivity index (χ2n) is 2.36. The molecule has 16 heavy (non-hydrogen) atoms. The molecule has 0 fully saturated rings. The topological polar surface area (TPSA) is 31.2 Å². The average molecular weight is 372 g/mol. The minimum atomic E-state index is -0.424. The number of halogens is 4. The van der Waals surface area contributed by atoms with Gasteiger partial charge < -0.3 is 10.1 Å². The molecule has 1 radical (unpaired) electrons. The average Bonchev–Trinajstić information content (AvgIpc) is 2.23. The van der Waals surface area contributed by atoms with Gasteiger partial charge in [-0.05, 0) is 5.16 Å². The van der Waals surface area contributed by atoms with E-state index in [-0.39, 0.29) is 42.9 Å². The van der Waals surface area contributed by atoms with E-state index in [0.29, 0.717) is 10.0 Å². The minimum absolute atomic E-state index is 0. The maximum Gasteiger partial charge on any atom is 0.0971 e. The molecule has 83 valence electrons. The number of rotatable bonds is 0. The molecular weight excluding hydrogens is 369 g/mol. The van der Waals surface area contributed by atoms with Crippen molar-refractivity contribution in [2.24, 2.45) is 0 Å². The van der Waals surface area contributed by atoms with Crippen LogP contribution in [-0.4, -0.2) is 5.91 Å². The van der Waals surface area contributed by atoms with Crippen LogP contribution in [-0.2, 0) is 37.5 Å². The number of amides is 1. The van der Waals surface area contributed by atoms with Crippen LogP contribution in [0.25, 0.3) is 5.32 Å². The van der Waals surface area contributed by atoms with Crippen molar-refractivity contribution in [3.63, 3.8) is 0 Å². The van der Waals surface area contributed by atoms with Gasteiger partial charge in [0, 0.05) is 32.7 Å². The SMILES string of the molecule is Clc1c[c-]ccc1Cl.O=C1[N-]C(Cl)=C1Cl.[Y]. The van der Waals surface area contributed by atoms with E-state index in [2.05, 4.69) is 11.4 Å². The van der Waals surface area contributed by atoms with Gasteiger partial charge in [-0.15, -0.1) is 23.2 Å². The number of nitrogens with zero attached hydrogens (tertiary/aromatic N) is 1. The Labute approximate surface area is 138 Å². The first-order chi connectivity index (χ1) is 7.02. The Balaban J connectivity index is 0.000000267. The van der Waals surface area contributed by atoms with Gasteiger partial charge >= 0.3 is 0 Å². The molecule has 0 saturated carbocycles. The van der Waals surface area contributed by atoms with Crippen molar-refractivity contribution >= 4 is 52.3 Å². The molecule has 0 atom stereocenters. The molecule has 0 aromatic heterocycles. The Morgan fingerprint density at radius 1 is 1.12 bits per heavy atom. The Hall–Kier alpha value is 0.694. The fourth-order valence-electron chi connectivity index (χ4n) is 0.614. The summed E-state index contributed by atoms with van der Waals surface area (Å²) in [6.45, 7) is 0. The summed E-state index contributed by atoms with van der Waals surface area (Å²) in [5.41, 5.74) is 0. The van der Waals surface area contributed by atoms with E-state index in [1.165, 1.54) is 0 Å². The van der Waals surface area contributed by atoms with Crippen LogP contribution >= 0.6 is 46.4 Å². The number of hydrogen-bond acceptors (Lipinski definition) is 1. The van der Waals surface area contributed by atoms with Crippen LogP contribution in [0.5, 0.6) is 0 Å². The van der Waals surface area contributed by atoms with Gasteiger partial charge in [0.1, 0.15) is 0 Å². The predicted molar refractivity (Wildman–Crippen MR) is 62.4 cm³/mol. The van der Waals surface area contributed by atoms with E-state index in [9.17, 15) is 4.79 Å². The summed E-state index contributed by atoms with van der Waals surface area (Å²) in [6, 6.07) is 7.83. The summed E-state index contributed by atoms with van der Waals surface area (Å²) >= 11 is 21.4. The van der Waals surface area contributed by atoms with Crippen LogP contribution in [0, 0.1) is 6.07 Å². The first-order valence-corrected chi connectivity index (χ1v) is 5.16. The summed E-state index contributed by atoms with van der Waals surface area (Å²) < 4.78 is 0. The maximum atomic E-state index is 10.00. The van der Waals surface area contributed by atoms with Crippen molar-refractivity contribution < 1.29 is 37.5 Å². The Kier molecular flexibility index (Phi) is 8.26. The molecule has 1 aromatic rings. The zero-order valence-electron chi connectivity index (χ0n) is 7.68. The first-order valence-electron chi connectivity index (χ1n) is 3.65. The van der Waals surface area contributed by atoms with Gasteiger partial charge in [-0.1, -0.05) is 21.6 Å². The number of hydrogen-bond donors (Lipinski definition) is 0. The number of benzene rings is 1. The molecule has 0 aliphatic carbocycles. The molecule has 1 aliphatic heterocycles. The van der Waals surface area contributed by atoms with Gasteiger partial charge in [-0.3, -0.25) is 0 Å². The van der Waals surface area contributed by atoms with Gasteiger partial charge in [0.2, 0.25) is 0 Å². The second-order valence-corrected chi connectivity index (χ2v) is 3.91. The fourth-order valence-corrected chi connectivity index (χ4v) is 1.10. The molecule has 2 nitrogen and oxygen atoms in total. The molecule has 0 bridgehead atoms. The maximum absolute atomic E-state index is 10.00. The molecule has 1 heterocycles. The minimum Gasteiger partial charge on any atom is -0.611 e. The van der Waals surface area contributed by atoms with Crippen LogP contribution in [0.1, 0.15) is 0 Å². The van der Waals surface area contributed by atoms with E-state index in [1.807, 2.05) is 0 Å². The predicted octanol–water partition coefficient (Wildman–Crippen LogP) is 4.34. The molecule has 1 amide bonds. The summed E-state index contributed by atoms with van der Waals surface area (Å²) in [7, 11) is 0. The van der Waals surface area contributed by atoms with Gasteiger partial charge in [0.15, 0.2) is 0 Å². The Morgan fingerprint density at radius 2 is 1.75 bits per heavy atom. The van der Waals surface area contributed by atoms with E-state index in [0.717, 1.165) is 0 Å². The number of carbonyl (C=O) groups excluding carboxylic acids is 1. The zero-order valence-corrected chi connectivity index (χ0v) is 13.5. The van der Waals surface area contributed by atoms with Gasteiger partial charge in [0.05, 0.1) is 10.9 Å². The van der Waals surface area contributed by atoms with Crippen molar-refractivity contribution in [2.45, 2.75) is 0 Å². The van der Waals surface area contributed by atoms with Gasteiger partial charge in [-0.2, -0.15) is 35.9 Å². The third-order valence-corrected chi connectivity index (χ3v) is 2.78. The summed E-state index contributed by atoms with van der Waals surface area (Å²) in [6.07, 6.45) is 0. The van der Waals surface area contributed by atoms with Crippen LogP contribution in [0.4, 0.5) is 0 Å². The zero-order chi connectivity index (χ0) is 11.4. The Bertz CT molecular complexity index is 401. The monoisotopic (exact) mass is 370 g/mol. The van der Waals surface area contributed by atoms with Crippen molar-refractivity contribution in [3.8, 4) is 0 Å². The van der Waals surface area contributed by atoms with E-state index < -0.39 is 5.91 Å². The van der Waals surface area contributed by atoms with Crippen LogP contribution in [0.2, 0.25) is 10.0 Å². The molecule has 0 saturated heterocycles. The largest absolute Gasteiger partial charge is 0.611 e. The van der Waals surface area contributed by atoms with Crippen molar-refractivity contribution in [1.29, 1.82) is 0 Å². The van der Waals surface area contributed by atoms with Crippen LogP contribution in [0.15, 0.2) is 28.4 Å². The van der Waals surface area contributed by atoms with Crippen molar-refractivity contribution in [1.82, 2.24) is 0 Å². The smallest absolute Gasteiger partial charge is 0.0971 e. The van der Waals surface area contributed by atoms with Crippen molar-refractivity contribution in [2.75, 3.05) is 0 Å². The van der Waals surface area contributed by atoms with Gasteiger partial charge in [-0.25, -0.2) is 0 Å². The van der Waals surface area contributed by atoms with Crippen molar-refractivity contribution in [3.05, 3.63) is 49.8 Å². The molecule has 0 spiro atoms. The first kappa shape index (κ1) is 16.7. The van der Waals surface area contributed by atoms with Crippen LogP contribution in [0.3, 0.4) is 0 Å². The van der Waals surface area contributed by atoms with E-state index in [1.54, 1.807) is 18.2 Å². The third-order valence-electron chi connectivity index (χ3n) is 1.33. The molecule has 1 aromatic carbocycles. The van der Waals surface area contributed by atoms with Crippen LogP contribution < -0.4 is 0 Å². The molecule has 1 aliphatic rings. The third kappa shape index (κ3) is 4.91. The standard InChI is InChI=1S/C6H3Cl2.C3HCl2NO.Y/c7-5-3-1-2-4-6(5)8;4-1-2(5)6-3(1)7;/h1,3-4H;(H,6,7);/q-1;;/p-1. The normalized spacial score (nSPS) is 12.9. The van der Waals surface area contributed by atoms with E-state index >= 15 is 0 Å². The van der Waals surface area contributed by atoms with Gasteiger partial charge in [0.25, 0.3) is 0 Å². The summed E-state index contributed by atoms with van der Waals surface area (Å²) in [4.78, 5) is 10.00. The Morgan fingerprint density at radius 3 is 1.94 bits per heavy atom. The summed E-state index contributed by atoms with van der Waals surface area (Å²) in [5.74, 6) is -0.424. The quantitative estimate of drug-likeness (QED) is 0.493.